The zero-order valence-electron chi connectivity index (χ0n) is 56.1. The first kappa shape index (κ1) is 84.8. The highest BCUT2D eigenvalue weighted by atomic mass is 31.2. The van der Waals surface area contributed by atoms with Gasteiger partial charge in [-0.1, -0.05) is 33.7 Å². The van der Waals surface area contributed by atoms with E-state index in [1.165, 1.54) is 70.3 Å². The number of phosphoric ester groups is 1. The molecule has 0 aromatic rings. The first-order chi connectivity index (χ1) is 45.2. The molecule has 4 unspecified atom stereocenters. The number of aliphatic hydroxyl groups is 1. The average molecular weight is 1460 g/mol. The number of hydrogen-bond acceptors (Lipinski definition) is 25. The van der Waals surface area contributed by atoms with Gasteiger partial charge in [-0.2, -0.15) is 0 Å². The first-order valence-corrected chi connectivity index (χ1v) is 35.2. The van der Waals surface area contributed by atoms with E-state index >= 15 is 0 Å². The van der Waals surface area contributed by atoms with E-state index in [1.807, 2.05) is 55.4 Å². The third-order valence-electron chi connectivity index (χ3n) is 14.6. The van der Waals surface area contributed by atoms with Gasteiger partial charge in [0.15, 0.2) is 24.9 Å². The van der Waals surface area contributed by atoms with Gasteiger partial charge in [0.05, 0.1) is 37.6 Å². The number of aliphatic hydroxyl groups excluding tert-OH is 1. The number of carbonyl (C=O) groups is 4. The molecule has 98 heavy (non-hydrogen) atoms. The predicted octanol–water partition coefficient (Wildman–Crippen LogP) is 2.26. The lowest BCUT2D eigenvalue weighted by atomic mass is 10.0. The zero-order valence-corrected chi connectivity index (χ0v) is 58.7. The molecule has 554 valence electrons. The average Bonchev–Trinajstić information content (AvgIpc) is 1.65. The van der Waals surface area contributed by atoms with Gasteiger partial charge in [0.1, 0.15) is 96.5 Å². The van der Waals surface area contributed by atoms with Gasteiger partial charge in [-0.15, -0.1) is 0 Å². The lowest BCUT2D eigenvalue weighted by Crippen LogP contribution is -2.48. The summed E-state index contributed by atoms with van der Waals surface area (Å²) in [6.07, 6.45) is 2.38. The molecule has 0 saturated carbocycles. The molecule has 0 radical (unpaired) electrons. The van der Waals surface area contributed by atoms with Crippen LogP contribution in [0.2, 0.25) is 0 Å². The van der Waals surface area contributed by atoms with Crippen LogP contribution in [0, 0.1) is 0 Å². The number of ether oxygens (including phenoxy) is 12. The van der Waals surface area contributed by atoms with Crippen molar-refractivity contribution in [3.8, 4) is 0 Å². The summed E-state index contributed by atoms with van der Waals surface area (Å²) in [5.41, 5.74) is 0.337. The fourth-order valence-corrected chi connectivity index (χ4v) is 12.3. The second kappa shape index (κ2) is 37.3. The SMILES string of the molecule is C.C=C1NC(=O)C=CN1[C@@H]1O[C@H](/C(C)=C/P(=O)(O)O)C(OC(C)C)[C@@H]1OC.C=C1NC(=O)C=CN1[C@@H]1O[C@H](/C=C/P(=O)(O)O)C(OC(C)C)[C@@H]1OC.C=C1NC(=O)C=CN1[C@@H]1O[C@H](CO)C(OC(C)C)[C@@H]1OC.C=C1NC(=O)C=CN1[C@@H]1O[C@H](COP(=O)(O)O)C(OC(C)C)[C@@H]1OC. The normalized spacial score (nSPS) is 30.6. The number of carbonyl (C=O) groups excluding carboxylic acids is 4. The molecule has 0 aromatic heterocycles. The van der Waals surface area contributed by atoms with E-state index in [0.717, 1.165) is 11.6 Å². The summed E-state index contributed by atoms with van der Waals surface area (Å²) in [4.78, 5) is 106. The maximum absolute atomic E-state index is 11.4. The van der Waals surface area contributed by atoms with Gasteiger partial charge in [-0.05, 0) is 74.0 Å². The highest BCUT2D eigenvalue weighted by Gasteiger charge is 2.53. The minimum atomic E-state index is -4.66. The fraction of sp³-hybridized carbons (Fsp3) is 0.600. The molecule has 8 rings (SSSR count). The number of hydrogen-bond donors (Lipinski definition) is 11. The van der Waals surface area contributed by atoms with Crippen LogP contribution in [0.5, 0.6) is 0 Å². The van der Waals surface area contributed by atoms with E-state index in [9.17, 15) is 47.8 Å². The van der Waals surface area contributed by atoms with Gasteiger partial charge in [0, 0.05) is 89.2 Å². The second-order valence-electron chi connectivity index (χ2n) is 23.5. The van der Waals surface area contributed by atoms with Gasteiger partial charge >= 0.3 is 23.0 Å². The predicted molar refractivity (Wildman–Crippen MR) is 350 cm³/mol. The standard InChI is InChI=1S/C16H25N2O7P.C15H23N2O7P.C14H23N2O8P.C14H22N2O5.CH4/c1-9(2)24-14-13(10(3)8-26(20,21)22)25-16(15(14)23-5)18-7-6-12(19)17-11(18)4;1-9(2)23-13-11(6-8-25(19,20)21)24-15(14(13)22-4)17-7-5-12(18)16-10(17)3;1-8(2)23-12-10(7-22-25(18,19)20)24-14(13(12)21-4)16-6-5-11(17)15-9(16)3;1-8(2)20-12-10(7-17)21-14(13(12)19-4)16-6-5-11(18)15-9(16)3;/h6-9,13-16H,4H2,1-3,5H3,(H,17,19)(H2,20,21,22);5-9,11,13-15H,3H2,1-2,4H3,(H,16,18)(H2,19,20,21);5-6,8,10,12-14H,3,7H2,1-2,4H3,(H,15,17)(H2,18,19,20);5-6,8,10,12-14,17H,3,7H2,1-2,4H3,(H,15,18);1H4/b10-8+;8-6+;;;/t13-,14?,15+,16-;11-,13?,14+,15-;2*10-,12?,13+,14-;/m1111./s1. The van der Waals surface area contributed by atoms with E-state index in [-0.39, 0.29) is 68.7 Å². The van der Waals surface area contributed by atoms with Crippen molar-refractivity contribution in [2.45, 2.75) is 192 Å². The number of phosphoric acid groups is 1. The Morgan fingerprint density at radius 3 is 1.14 bits per heavy atom. The minimum absolute atomic E-state index is 0. The number of rotatable bonds is 24. The number of nitrogens with one attached hydrogen (secondary N) is 4. The van der Waals surface area contributed by atoms with Crippen LogP contribution in [0.4, 0.5) is 0 Å². The molecule has 4 fully saturated rings. The van der Waals surface area contributed by atoms with Crippen molar-refractivity contribution in [2.75, 3.05) is 41.7 Å². The minimum Gasteiger partial charge on any atom is -0.394 e. The van der Waals surface area contributed by atoms with E-state index in [0.29, 0.717) is 28.9 Å². The largest absolute Gasteiger partial charge is 0.469 e. The maximum atomic E-state index is 11.4. The smallest absolute Gasteiger partial charge is 0.394 e. The van der Waals surface area contributed by atoms with Crippen LogP contribution in [0.1, 0.15) is 69.7 Å². The van der Waals surface area contributed by atoms with E-state index < -0.39 is 121 Å². The van der Waals surface area contributed by atoms with Crippen LogP contribution in [0.25, 0.3) is 0 Å². The molecule has 0 bridgehead atoms. The lowest BCUT2D eigenvalue weighted by Gasteiger charge is -2.34. The first-order valence-electron chi connectivity index (χ1n) is 30.3. The Bertz CT molecular complexity index is 3130. The molecule has 35 nitrogen and oxygen atoms in total. The van der Waals surface area contributed by atoms with Gasteiger partial charge < -0.3 is 132 Å². The molecule has 4 saturated heterocycles. The molecule has 0 spiro atoms. The molecule has 8 heterocycles. The summed E-state index contributed by atoms with van der Waals surface area (Å²) in [5, 5.41) is 19.8. The number of amides is 4. The van der Waals surface area contributed by atoms with Crippen LogP contribution in [-0.4, -0.2) is 242 Å². The third kappa shape index (κ3) is 24.0. The summed E-state index contributed by atoms with van der Waals surface area (Å²) in [6.45, 7) is 31.0. The van der Waals surface area contributed by atoms with Crippen molar-refractivity contribution in [1.82, 2.24) is 40.9 Å². The molecule has 0 aliphatic carbocycles. The van der Waals surface area contributed by atoms with Crippen LogP contribution >= 0.6 is 23.0 Å². The lowest BCUT2D eigenvalue weighted by molar-refractivity contribution is -0.119. The summed E-state index contributed by atoms with van der Waals surface area (Å²) < 4.78 is 107. The molecule has 8 aliphatic rings. The van der Waals surface area contributed by atoms with Crippen molar-refractivity contribution in [2.24, 2.45) is 0 Å². The highest BCUT2D eigenvalue weighted by molar-refractivity contribution is 7.55. The van der Waals surface area contributed by atoms with Gasteiger partial charge in [0.25, 0.3) is 23.6 Å². The molecule has 4 amide bonds. The van der Waals surface area contributed by atoms with Crippen molar-refractivity contribution >= 4 is 46.6 Å². The molecular formula is C60H97N8O27P3. The molecule has 0 aromatic carbocycles. The Hall–Kier alpha value is -5.63. The zero-order chi connectivity index (χ0) is 72.8. The molecule has 16 atom stereocenters. The topological polar surface area (TPSA) is 442 Å². The molecule has 11 N–H and O–H groups in total. The van der Waals surface area contributed by atoms with Crippen molar-refractivity contribution in [1.29, 1.82) is 0 Å². The summed E-state index contributed by atoms with van der Waals surface area (Å²) in [6, 6.07) is 0. The summed E-state index contributed by atoms with van der Waals surface area (Å²) in [5.74, 6) is 1.80. The second-order valence-corrected chi connectivity index (χ2v) is 27.6. The van der Waals surface area contributed by atoms with Crippen molar-refractivity contribution in [3.63, 3.8) is 0 Å². The molecule has 38 heteroatoms. The third-order valence-corrected chi connectivity index (χ3v) is 16.4. The number of methoxy groups -OCH3 is 4. The Labute approximate surface area is 570 Å². The fourth-order valence-electron chi connectivity index (χ4n) is 10.9. The van der Waals surface area contributed by atoms with Crippen LogP contribution in [-0.2, 0) is 94.2 Å². The Kier molecular flexibility index (Phi) is 32.3. The highest BCUT2D eigenvalue weighted by Crippen LogP contribution is 2.44. The van der Waals surface area contributed by atoms with Crippen LogP contribution < -0.4 is 21.3 Å². The van der Waals surface area contributed by atoms with Crippen molar-refractivity contribution in [3.05, 3.63) is 122 Å². The van der Waals surface area contributed by atoms with Crippen LogP contribution in [0.15, 0.2) is 122 Å². The Morgan fingerprint density at radius 2 is 0.816 bits per heavy atom. The van der Waals surface area contributed by atoms with E-state index in [1.54, 1.807) is 39.8 Å². The Balaban J connectivity index is 0.000000277. The van der Waals surface area contributed by atoms with Crippen molar-refractivity contribution < 1.29 is 129 Å². The van der Waals surface area contributed by atoms with Crippen LogP contribution in [0.3, 0.4) is 0 Å². The monoisotopic (exact) mass is 1450 g/mol. The number of nitrogens with zero attached hydrogens (tertiary/aromatic N) is 4. The quantitative estimate of drug-likeness (QED) is 0.0617. The summed E-state index contributed by atoms with van der Waals surface area (Å²) in [7, 11) is -7.35. The molecule has 8 aliphatic heterocycles. The van der Waals surface area contributed by atoms with E-state index in [2.05, 4.69) is 52.1 Å². The maximum Gasteiger partial charge on any atom is 0.469 e. The van der Waals surface area contributed by atoms with E-state index in [4.69, 9.17) is 76.4 Å². The van der Waals surface area contributed by atoms with Gasteiger partial charge in [-0.3, -0.25) is 32.8 Å². The molecular weight excluding hydrogens is 1360 g/mol. The van der Waals surface area contributed by atoms with Gasteiger partial charge in [-0.25, -0.2) is 4.57 Å². The Morgan fingerprint density at radius 1 is 0.500 bits per heavy atom. The summed E-state index contributed by atoms with van der Waals surface area (Å²) >= 11 is 0. The van der Waals surface area contributed by atoms with Gasteiger partial charge in [0.2, 0.25) is 0 Å².